The highest BCUT2D eigenvalue weighted by molar-refractivity contribution is 6.17. The maximum Gasteiger partial charge on any atom is 0.332 e. The molecule has 0 aliphatic heterocycles. The molecule has 1 aliphatic rings. The molecule has 0 atom stereocenters. The molecule has 5 rings (SSSR count). The molecule has 0 fully saturated rings. The summed E-state index contributed by atoms with van der Waals surface area (Å²) in [5.41, 5.74) is 3.42. The highest BCUT2D eigenvalue weighted by Gasteiger charge is 2.58. The first-order valence-electron chi connectivity index (χ1n) is 12.2. The van der Waals surface area contributed by atoms with Gasteiger partial charge in [-0.2, -0.15) is 0 Å². The second-order valence-corrected chi connectivity index (χ2v) is 8.76. The van der Waals surface area contributed by atoms with Crippen LogP contribution in [0.3, 0.4) is 0 Å². The Labute approximate surface area is 210 Å². The highest BCUT2D eigenvalue weighted by atomic mass is 16.6. The number of rotatable bonds is 7. The van der Waals surface area contributed by atoms with Crippen molar-refractivity contribution >= 4 is 22.7 Å². The fourth-order valence-electron chi connectivity index (χ4n) is 5.33. The summed E-state index contributed by atoms with van der Waals surface area (Å²) in [4.78, 5) is 27.5. The maximum absolute atomic E-state index is 13.7. The van der Waals surface area contributed by atoms with Gasteiger partial charge in [0.25, 0.3) is 0 Å². The molecule has 0 N–H and O–H groups in total. The van der Waals surface area contributed by atoms with Crippen LogP contribution in [0.4, 0.5) is 0 Å². The summed E-state index contributed by atoms with van der Waals surface area (Å²) in [5.74, 6) is -0.434. The zero-order chi connectivity index (χ0) is 25.3. The van der Waals surface area contributed by atoms with E-state index < -0.39 is 17.4 Å². The summed E-state index contributed by atoms with van der Waals surface area (Å²) in [6.45, 7) is 3.80. The van der Waals surface area contributed by atoms with Crippen molar-refractivity contribution in [1.29, 1.82) is 0 Å². The van der Waals surface area contributed by atoms with Crippen molar-refractivity contribution in [2.75, 3.05) is 20.3 Å². The first kappa shape index (κ1) is 23.6. The second-order valence-electron chi connectivity index (χ2n) is 8.76. The summed E-state index contributed by atoms with van der Waals surface area (Å²) >= 11 is 0. The standard InChI is InChI=1S/C31H28O5/c1-4-35-29(32)31(30(33)36-5-2)26-13-9-8-12-24(26)28-25(18-20-14-16-22(34-3)17-15-20)23-11-7-6-10-21(23)19-27(28)31/h6-17,19H,4-5,18H2,1-3H3. The number of benzene rings is 4. The summed E-state index contributed by atoms with van der Waals surface area (Å²) in [5, 5.41) is 2.02. The number of esters is 2. The lowest BCUT2D eigenvalue weighted by Gasteiger charge is -2.27. The first-order chi connectivity index (χ1) is 17.6. The number of hydrogen-bond donors (Lipinski definition) is 0. The molecule has 0 radical (unpaired) electrons. The predicted octanol–water partition coefficient (Wildman–Crippen LogP) is 5.83. The Morgan fingerprint density at radius 3 is 2.08 bits per heavy atom. The zero-order valence-corrected chi connectivity index (χ0v) is 20.7. The van der Waals surface area contributed by atoms with Crippen molar-refractivity contribution < 1.29 is 23.8 Å². The van der Waals surface area contributed by atoms with Gasteiger partial charge in [0.1, 0.15) is 5.75 Å². The largest absolute Gasteiger partial charge is 0.497 e. The molecule has 36 heavy (non-hydrogen) atoms. The van der Waals surface area contributed by atoms with Crippen LogP contribution in [0.5, 0.6) is 5.75 Å². The Morgan fingerprint density at radius 2 is 1.42 bits per heavy atom. The predicted molar refractivity (Wildman–Crippen MR) is 139 cm³/mol. The first-order valence-corrected chi connectivity index (χ1v) is 12.2. The fraction of sp³-hybridized carbons (Fsp3) is 0.226. The SMILES string of the molecule is CCOC(=O)C1(C(=O)OCC)c2ccccc2-c2c1cc1ccccc1c2Cc1ccc(OC)cc1. The minimum absolute atomic E-state index is 0.157. The molecule has 0 heterocycles. The molecule has 1 aliphatic carbocycles. The van der Waals surface area contributed by atoms with Gasteiger partial charge < -0.3 is 14.2 Å². The van der Waals surface area contributed by atoms with Gasteiger partial charge in [-0.15, -0.1) is 0 Å². The molecular weight excluding hydrogens is 452 g/mol. The van der Waals surface area contributed by atoms with Crippen LogP contribution in [0.1, 0.15) is 36.1 Å². The van der Waals surface area contributed by atoms with E-state index >= 15 is 0 Å². The molecule has 182 valence electrons. The van der Waals surface area contributed by atoms with Crippen LogP contribution < -0.4 is 4.74 Å². The van der Waals surface area contributed by atoms with E-state index in [1.165, 1.54) is 0 Å². The number of carbonyl (C=O) groups is 2. The fourth-order valence-corrected chi connectivity index (χ4v) is 5.33. The summed E-state index contributed by atoms with van der Waals surface area (Å²) < 4.78 is 16.4. The van der Waals surface area contributed by atoms with Crippen LogP contribution >= 0.6 is 0 Å². The third kappa shape index (κ3) is 3.54. The lowest BCUT2D eigenvalue weighted by atomic mass is 9.77. The normalized spacial score (nSPS) is 13.1. The molecule has 4 aromatic carbocycles. The molecule has 0 spiro atoms. The van der Waals surface area contributed by atoms with Crippen molar-refractivity contribution in [3.63, 3.8) is 0 Å². The third-order valence-corrected chi connectivity index (χ3v) is 6.86. The van der Waals surface area contributed by atoms with Gasteiger partial charge in [-0.3, -0.25) is 9.59 Å². The maximum atomic E-state index is 13.7. The Hall–Kier alpha value is -4.12. The van der Waals surface area contributed by atoms with Crippen LogP contribution in [0.25, 0.3) is 21.9 Å². The quantitative estimate of drug-likeness (QED) is 0.246. The topological polar surface area (TPSA) is 61.8 Å². The molecule has 0 amide bonds. The molecule has 0 saturated heterocycles. The molecule has 0 aromatic heterocycles. The van der Waals surface area contributed by atoms with E-state index in [2.05, 4.69) is 6.07 Å². The smallest absolute Gasteiger partial charge is 0.332 e. The Morgan fingerprint density at radius 1 is 0.778 bits per heavy atom. The number of methoxy groups -OCH3 is 1. The van der Waals surface area contributed by atoms with Crippen LogP contribution in [0.2, 0.25) is 0 Å². The monoisotopic (exact) mass is 480 g/mol. The van der Waals surface area contributed by atoms with E-state index in [0.29, 0.717) is 17.5 Å². The lowest BCUT2D eigenvalue weighted by molar-refractivity contribution is -0.162. The van der Waals surface area contributed by atoms with Crippen molar-refractivity contribution in [3.8, 4) is 16.9 Å². The molecule has 0 saturated carbocycles. The zero-order valence-electron chi connectivity index (χ0n) is 20.7. The second kappa shape index (κ2) is 9.50. The summed E-state index contributed by atoms with van der Waals surface area (Å²) in [7, 11) is 1.65. The molecule has 0 bridgehead atoms. The van der Waals surface area contributed by atoms with Crippen LogP contribution in [-0.2, 0) is 30.9 Å². The van der Waals surface area contributed by atoms with E-state index in [1.807, 2.05) is 72.8 Å². The minimum Gasteiger partial charge on any atom is -0.497 e. The minimum atomic E-state index is -1.68. The van der Waals surface area contributed by atoms with Gasteiger partial charge in [0, 0.05) is 0 Å². The Kier molecular flexibility index (Phi) is 6.23. The van der Waals surface area contributed by atoms with E-state index in [4.69, 9.17) is 14.2 Å². The molecule has 5 heteroatoms. The van der Waals surface area contributed by atoms with Gasteiger partial charge in [-0.1, -0.05) is 60.7 Å². The molecule has 5 nitrogen and oxygen atoms in total. The summed E-state index contributed by atoms with van der Waals surface area (Å²) in [6.07, 6.45) is 0.615. The van der Waals surface area contributed by atoms with Crippen molar-refractivity contribution in [2.45, 2.75) is 25.7 Å². The number of hydrogen-bond acceptors (Lipinski definition) is 5. The van der Waals surface area contributed by atoms with Gasteiger partial charge in [-0.25, -0.2) is 0 Å². The van der Waals surface area contributed by atoms with Crippen LogP contribution in [0, 0.1) is 0 Å². The summed E-state index contributed by atoms with van der Waals surface area (Å²) in [6, 6.07) is 25.6. The van der Waals surface area contributed by atoms with E-state index in [9.17, 15) is 9.59 Å². The average Bonchev–Trinajstić information content (AvgIpc) is 3.20. The van der Waals surface area contributed by atoms with Crippen LogP contribution in [0.15, 0.2) is 78.9 Å². The van der Waals surface area contributed by atoms with Gasteiger partial charge in [0.2, 0.25) is 5.41 Å². The number of ether oxygens (including phenoxy) is 3. The number of carbonyl (C=O) groups excluding carboxylic acids is 2. The van der Waals surface area contributed by atoms with E-state index in [0.717, 1.165) is 38.8 Å². The highest BCUT2D eigenvalue weighted by Crippen LogP contribution is 2.53. The Balaban J connectivity index is 1.85. The van der Waals surface area contributed by atoms with Crippen LogP contribution in [-0.4, -0.2) is 32.3 Å². The third-order valence-electron chi connectivity index (χ3n) is 6.86. The van der Waals surface area contributed by atoms with Gasteiger partial charge in [0.15, 0.2) is 0 Å². The van der Waals surface area contributed by atoms with Crippen molar-refractivity contribution in [1.82, 2.24) is 0 Å². The Bertz CT molecular complexity index is 1430. The number of fused-ring (bicyclic) bond motifs is 4. The molecular formula is C31H28O5. The van der Waals surface area contributed by atoms with E-state index in [1.54, 1.807) is 21.0 Å². The van der Waals surface area contributed by atoms with Gasteiger partial charge in [-0.05, 0) is 82.6 Å². The van der Waals surface area contributed by atoms with Gasteiger partial charge >= 0.3 is 11.9 Å². The molecule has 4 aromatic rings. The van der Waals surface area contributed by atoms with E-state index in [-0.39, 0.29) is 13.2 Å². The van der Waals surface area contributed by atoms with Crippen molar-refractivity contribution in [3.05, 3.63) is 101 Å². The van der Waals surface area contributed by atoms with Crippen molar-refractivity contribution in [2.24, 2.45) is 0 Å². The van der Waals surface area contributed by atoms with Gasteiger partial charge in [0.05, 0.1) is 20.3 Å². The average molecular weight is 481 g/mol. The molecule has 0 unspecified atom stereocenters. The lowest BCUT2D eigenvalue weighted by Crippen LogP contribution is -2.45.